The number of ether oxygens (including phenoxy) is 1. The van der Waals surface area contributed by atoms with Crippen molar-refractivity contribution in [2.75, 3.05) is 11.9 Å². The van der Waals surface area contributed by atoms with Crippen molar-refractivity contribution in [2.45, 2.75) is 52.7 Å². The van der Waals surface area contributed by atoms with Crippen LogP contribution in [0.25, 0.3) is 0 Å². The monoisotopic (exact) mass is 328 g/mol. The highest BCUT2D eigenvalue weighted by Crippen LogP contribution is 2.52. The van der Waals surface area contributed by atoms with Gasteiger partial charge in [-0.1, -0.05) is 20.8 Å². The lowest BCUT2D eigenvalue weighted by Gasteiger charge is -2.39. The number of likely N-dealkylation sites (tertiary alicyclic amines) is 1. The van der Waals surface area contributed by atoms with Gasteiger partial charge in [0, 0.05) is 23.8 Å². The van der Waals surface area contributed by atoms with Gasteiger partial charge in [-0.25, -0.2) is 9.59 Å². The molecule has 1 aromatic carbocycles. The van der Waals surface area contributed by atoms with Crippen LogP contribution in [0.5, 0.6) is 0 Å². The molecule has 0 aromatic heterocycles. The number of urea groups is 1. The zero-order valence-electron chi connectivity index (χ0n) is 14.5. The molecular weight excluding hydrogens is 304 g/mol. The lowest BCUT2D eigenvalue weighted by molar-refractivity contribution is 0.0535. The molecule has 1 aromatic rings. The first-order chi connectivity index (χ1) is 11.2. The first-order valence-electron chi connectivity index (χ1n) is 8.62. The number of fused-ring (bicyclic) bond motifs is 3. The Morgan fingerprint density at radius 1 is 1.29 bits per heavy atom. The molecule has 0 radical (unpaired) electrons. The van der Waals surface area contributed by atoms with Crippen molar-refractivity contribution in [3.63, 3.8) is 0 Å². The first kappa shape index (κ1) is 15.5. The Kier molecular flexibility index (Phi) is 3.21. The van der Waals surface area contributed by atoms with E-state index in [0.717, 1.165) is 30.6 Å². The summed E-state index contributed by atoms with van der Waals surface area (Å²) in [6, 6.07) is 5.63. The van der Waals surface area contributed by atoms with E-state index in [0.29, 0.717) is 11.6 Å². The van der Waals surface area contributed by atoms with Crippen molar-refractivity contribution in [3.05, 3.63) is 29.3 Å². The fraction of sp³-hybridized carbons (Fsp3) is 0.579. The Labute approximate surface area is 142 Å². The number of carbonyl (C=O) groups excluding carboxylic acids is 2. The minimum absolute atomic E-state index is 0.0355. The van der Waals surface area contributed by atoms with Gasteiger partial charge in [-0.2, -0.15) is 0 Å². The van der Waals surface area contributed by atoms with Crippen LogP contribution in [0.2, 0.25) is 0 Å². The maximum Gasteiger partial charge on any atom is 0.338 e. The van der Waals surface area contributed by atoms with Crippen molar-refractivity contribution in [3.8, 4) is 0 Å². The van der Waals surface area contributed by atoms with Gasteiger partial charge in [-0.3, -0.25) is 0 Å². The number of rotatable bonds is 1. The molecule has 2 bridgehead atoms. The minimum Gasteiger partial charge on any atom is -0.457 e. The molecule has 2 fully saturated rings. The van der Waals surface area contributed by atoms with Crippen LogP contribution in [-0.4, -0.2) is 29.5 Å². The second-order valence-corrected chi connectivity index (χ2v) is 8.72. The van der Waals surface area contributed by atoms with Crippen molar-refractivity contribution in [2.24, 2.45) is 10.8 Å². The molecule has 4 rings (SSSR count). The summed E-state index contributed by atoms with van der Waals surface area (Å²) in [5, 5.41) is 3.01. The van der Waals surface area contributed by atoms with Crippen LogP contribution in [0, 0.1) is 10.8 Å². The largest absolute Gasteiger partial charge is 0.457 e. The van der Waals surface area contributed by atoms with E-state index in [2.05, 4.69) is 26.1 Å². The predicted octanol–water partition coefficient (Wildman–Crippen LogP) is 3.79. The Bertz CT molecular complexity index is 727. The Morgan fingerprint density at radius 3 is 2.88 bits per heavy atom. The fourth-order valence-electron chi connectivity index (χ4n) is 5.10. The number of cyclic esters (lactones) is 1. The second-order valence-electron chi connectivity index (χ2n) is 8.72. The fourth-order valence-corrected chi connectivity index (χ4v) is 5.10. The van der Waals surface area contributed by atoms with Crippen LogP contribution in [0.1, 0.15) is 56.0 Å². The third-order valence-corrected chi connectivity index (χ3v) is 5.61. The van der Waals surface area contributed by atoms with E-state index in [1.807, 2.05) is 11.0 Å². The van der Waals surface area contributed by atoms with E-state index in [4.69, 9.17) is 4.74 Å². The van der Waals surface area contributed by atoms with E-state index in [1.165, 1.54) is 6.42 Å². The van der Waals surface area contributed by atoms with Gasteiger partial charge in [0.1, 0.15) is 6.61 Å². The summed E-state index contributed by atoms with van der Waals surface area (Å²) in [5.41, 5.74) is 2.67. The number of hydrogen-bond donors (Lipinski definition) is 1. The average molecular weight is 328 g/mol. The average Bonchev–Trinajstić information content (AvgIpc) is 2.95. The Morgan fingerprint density at radius 2 is 2.08 bits per heavy atom. The summed E-state index contributed by atoms with van der Waals surface area (Å²) >= 11 is 0. The Hall–Kier alpha value is -2.04. The summed E-state index contributed by atoms with van der Waals surface area (Å²) in [7, 11) is 0. The molecule has 1 aliphatic carbocycles. The molecule has 24 heavy (non-hydrogen) atoms. The second kappa shape index (κ2) is 4.98. The maximum atomic E-state index is 12.8. The zero-order chi connectivity index (χ0) is 17.1. The van der Waals surface area contributed by atoms with Crippen LogP contribution < -0.4 is 5.32 Å². The highest BCUT2D eigenvalue weighted by Gasteiger charge is 2.51. The quantitative estimate of drug-likeness (QED) is 0.798. The van der Waals surface area contributed by atoms with Crippen LogP contribution in [-0.2, 0) is 11.3 Å². The summed E-state index contributed by atoms with van der Waals surface area (Å²) in [5.74, 6) is -0.286. The number of benzene rings is 1. The summed E-state index contributed by atoms with van der Waals surface area (Å²) in [6.07, 6.45) is 3.32. The lowest BCUT2D eigenvalue weighted by atomic mass is 9.65. The SMILES string of the molecule is CC1(C)CC2C[C@@](C)(CN2C(=O)Nc2ccc3c(c2)COC3=O)C1. The van der Waals surface area contributed by atoms with Gasteiger partial charge in [0.2, 0.25) is 0 Å². The van der Waals surface area contributed by atoms with Gasteiger partial charge in [0.15, 0.2) is 0 Å². The zero-order valence-corrected chi connectivity index (χ0v) is 14.5. The summed E-state index contributed by atoms with van der Waals surface area (Å²) in [6.45, 7) is 8.01. The van der Waals surface area contributed by atoms with E-state index >= 15 is 0 Å². The molecule has 2 aliphatic heterocycles. The van der Waals surface area contributed by atoms with Gasteiger partial charge in [0.05, 0.1) is 5.56 Å². The van der Waals surface area contributed by atoms with Gasteiger partial charge >= 0.3 is 12.0 Å². The number of nitrogens with zero attached hydrogens (tertiary/aromatic N) is 1. The van der Waals surface area contributed by atoms with Gasteiger partial charge in [-0.15, -0.1) is 0 Å². The van der Waals surface area contributed by atoms with E-state index in [9.17, 15) is 9.59 Å². The van der Waals surface area contributed by atoms with E-state index in [1.54, 1.807) is 12.1 Å². The molecule has 1 N–H and O–H groups in total. The summed E-state index contributed by atoms with van der Waals surface area (Å²) in [4.78, 5) is 26.3. The molecule has 2 amide bonds. The molecule has 0 spiro atoms. The number of anilines is 1. The molecule has 128 valence electrons. The molecule has 5 nitrogen and oxygen atoms in total. The number of esters is 1. The third-order valence-electron chi connectivity index (χ3n) is 5.61. The van der Waals surface area contributed by atoms with E-state index < -0.39 is 0 Å². The molecule has 5 heteroatoms. The normalized spacial score (nSPS) is 30.0. The van der Waals surface area contributed by atoms with Crippen molar-refractivity contribution in [1.82, 2.24) is 4.90 Å². The molecule has 1 saturated carbocycles. The van der Waals surface area contributed by atoms with Gasteiger partial charge < -0.3 is 15.0 Å². The number of hydrogen-bond acceptors (Lipinski definition) is 3. The Balaban J connectivity index is 1.50. The molecule has 3 aliphatic rings. The number of amides is 2. The van der Waals surface area contributed by atoms with Gasteiger partial charge in [0.25, 0.3) is 0 Å². The van der Waals surface area contributed by atoms with Crippen LogP contribution in [0.3, 0.4) is 0 Å². The van der Waals surface area contributed by atoms with Crippen LogP contribution in [0.4, 0.5) is 10.5 Å². The van der Waals surface area contributed by atoms with Crippen molar-refractivity contribution < 1.29 is 14.3 Å². The van der Waals surface area contributed by atoms with Crippen LogP contribution in [0.15, 0.2) is 18.2 Å². The molecule has 2 heterocycles. The number of nitrogens with one attached hydrogen (secondary N) is 1. The highest BCUT2D eigenvalue weighted by atomic mass is 16.5. The standard InChI is InChI=1S/C19H24N2O3/c1-18(2)7-14-8-19(3,10-18)11-21(14)17(23)20-13-4-5-15-12(6-13)9-24-16(15)22/h4-6,14H,7-11H2,1-3H3,(H,20,23)/t14?,19-/m1/s1. The smallest absolute Gasteiger partial charge is 0.338 e. The van der Waals surface area contributed by atoms with Gasteiger partial charge in [-0.05, 0) is 48.3 Å². The van der Waals surface area contributed by atoms with Crippen molar-refractivity contribution in [1.29, 1.82) is 0 Å². The van der Waals surface area contributed by atoms with Crippen molar-refractivity contribution >= 4 is 17.7 Å². The molecule has 1 saturated heterocycles. The maximum absolute atomic E-state index is 12.8. The summed E-state index contributed by atoms with van der Waals surface area (Å²) < 4.78 is 5.01. The molecule has 2 atom stereocenters. The minimum atomic E-state index is -0.286. The first-order valence-corrected chi connectivity index (χ1v) is 8.62. The van der Waals surface area contributed by atoms with E-state index in [-0.39, 0.29) is 29.4 Å². The topological polar surface area (TPSA) is 58.6 Å². The lowest BCUT2D eigenvalue weighted by Crippen LogP contribution is -2.40. The molecule has 1 unspecified atom stereocenters. The molecular formula is C19H24N2O3. The number of carbonyl (C=O) groups is 2. The highest BCUT2D eigenvalue weighted by molar-refractivity contribution is 5.95. The predicted molar refractivity (Wildman–Crippen MR) is 90.8 cm³/mol. The third kappa shape index (κ3) is 2.56. The van der Waals surface area contributed by atoms with Crippen LogP contribution >= 0.6 is 0 Å².